The summed E-state index contributed by atoms with van der Waals surface area (Å²) in [6, 6.07) is 16.5. The van der Waals surface area contributed by atoms with Gasteiger partial charge in [0.15, 0.2) is 0 Å². The number of benzene rings is 2. The van der Waals surface area contributed by atoms with E-state index >= 15 is 0 Å². The van der Waals surface area contributed by atoms with E-state index in [4.69, 9.17) is 9.47 Å². The summed E-state index contributed by atoms with van der Waals surface area (Å²) < 4.78 is 12.5. The van der Waals surface area contributed by atoms with E-state index in [0.29, 0.717) is 12.7 Å². The molecule has 1 heterocycles. The van der Waals surface area contributed by atoms with Gasteiger partial charge in [0.2, 0.25) is 0 Å². The van der Waals surface area contributed by atoms with Crippen molar-refractivity contribution in [2.24, 2.45) is 0 Å². The van der Waals surface area contributed by atoms with Crippen LogP contribution in [0.4, 0.5) is 0 Å². The smallest absolute Gasteiger partial charge is 0.120 e. The van der Waals surface area contributed by atoms with Gasteiger partial charge >= 0.3 is 0 Å². The summed E-state index contributed by atoms with van der Waals surface area (Å²) in [5.74, 6) is 0.912. The molecule has 0 amide bonds. The summed E-state index contributed by atoms with van der Waals surface area (Å²) >= 11 is 3.65. The first-order valence-electron chi connectivity index (χ1n) is 7.95. The van der Waals surface area contributed by atoms with Crippen LogP contribution in [0.1, 0.15) is 17.5 Å². The minimum atomic E-state index is 0.367. The summed E-state index contributed by atoms with van der Waals surface area (Å²) in [4.78, 5) is 2.43. The van der Waals surface area contributed by atoms with Gasteiger partial charge in [0, 0.05) is 31.2 Å². The van der Waals surface area contributed by atoms with E-state index in [2.05, 4.69) is 45.1 Å². The average molecular weight is 376 g/mol. The molecule has 1 saturated heterocycles. The zero-order chi connectivity index (χ0) is 16.1. The van der Waals surface area contributed by atoms with Crippen LogP contribution in [0.5, 0.6) is 5.75 Å². The van der Waals surface area contributed by atoms with E-state index in [9.17, 15) is 0 Å². The van der Waals surface area contributed by atoms with Gasteiger partial charge in [-0.2, -0.15) is 0 Å². The number of likely N-dealkylation sites (tertiary alicyclic amines) is 1. The van der Waals surface area contributed by atoms with E-state index in [-0.39, 0.29) is 0 Å². The average Bonchev–Trinajstić information content (AvgIpc) is 3.04. The zero-order valence-electron chi connectivity index (χ0n) is 13.4. The van der Waals surface area contributed by atoms with Crippen molar-refractivity contribution in [3.8, 4) is 5.75 Å². The fraction of sp³-hybridized carbons (Fsp3) is 0.368. The molecule has 2 aromatic carbocycles. The fourth-order valence-corrected chi connectivity index (χ4v) is 3.25. The second kappa shape index (κ2) is 7.95. The Kier molecular flexibility index (Phi) is 5.70. The largest absolute Gasteiger partial charge is 0.489 e. The molecule has 0 unspecified atom stereocenters. The molecule has 0 N–H and O–H groups in total. The van der Waals surface area contributed by atoms with Crippen LogP contribution in [0, 0.1) is 0 Å². The normalized spacial score (nSPS) is 18.3. The van der Waals surface area contributed by atoms with Crippen molar-refractivity contribution in [3.05, 3.63) is 64.1 Å². The second-order valence-electron chi connectivity index (χ2n) is 5.91. The second-order valence-corrected chi connectivity index (χ2v) is 6.76. The molecule has 0 aromatic heterocycles. The lowest BCUT2D eigenvalue weighted by atomic mass is 10.2. The predicted octanol–water partition coefficient (Wildman–Crippen LogP) is 4.25. The third-order valence-corrected chi connectivity index (χ3v) is 5.00. The number of hydrogen-bond donors (Lipinski definition) is 0. The number of nitrogens with zero attached hydrogens (tertiary/aromatic N) is 1. The molecule has 23 heavy (non-hydrogen) atoms. The van der Waals surface area contributed by atoms with Gasteiger partial charge in [-0.1, -0.05) is 46.3 Å². The minimum absolute atomic E-state index is 0.367. The van der Waals surface area contributed by atoms with Crippen molar-refractivity contribution in [3.63, 3.8) is 0 Å². The number of halogens is 1. The van der Waals surface area contributed by atoms with E-state index in [1.54, 1.807) is 7.11 Å². The molecule has 0 bridgehead atoms. The van der Waals surface area contributed by atoms with Crippen LogP contribution in [0.15, 0.2) is 53.0 Å². The first-order chi connectivity index (χ1) is 11.2. The summed E-state index contributed by atoms with van der Waals surface area (Å²) in [6.45, 7) is 3.60. The molecule has 1 aliphatic rings. The monoisotopic (exact) mass is 375 g/mol. The molecule has 1 fully saturated rings. The molecule has 1 aliphatic heterocycles. The van der Waals surface area contributed by atoms with Gasteiger partial charge < -0.3 is 9.47 Å². The molecule has 0 aliphatic carbocycles. The highest BCUT2D eigenvalue weighted by Gasteiger charge is 2.22. The Labute approximate surface area is 146 Å². The number of rotatable bonds is 6. The van der Waals surface area contributed by atoms with Crippen LogP contribution in [0.2, 0.25) is 0 Å². The molecule has 0 radical (unpaired) electrons. The maximum atomic E-state index is 5.93. The van der Waals surface area contributed by atoms with Crippen molar-refractivity contribution >= 4 is 15.9 Å². The lowest BCUT2D eigenvalue weighted by Gasteiger charge is -2.17. The van der Waals surface area contributed by atoms with E-state index < -0.39 is 0 Å². The minimum Gasteiger partial charge on any atom is -0.489 e. The van der Waals surface area contributed by atoms with Crippen molar-refractivity contribution in [1.29, 1.82) is 0 Å². The Balaban J connectivity index is 1.62. The quantitative estimate of drug-likeness (QED) is 0.753. The van der Waals surface area contributed by atoms with Gasteiger partial charge in [0.1, 0.15) is 12.4 Å². The number of methoxy groups -OCH3 is 1. The molecular formula is C19H22BrNO2. The van der Waals surface area contributed by atoms with Crippen LogP contribution in [-0.2, 0) is 17.9 Å². The summed E-state index contributed by atoms with van der Waals surface area (Å²) in [6.07, 6.45) is 1.48. The molecule has 0 saturated carbocycles. The lowest BCUT2D eigenvalue weighted by Crippen LogP contribution is -2.22. The van der Waals surface area contributed by atoms with Crippen LogP contribution in [-0.4, -0.2) is 31.2 Å². The van der Waals surface area contributed by atoms with Crippen LogP contribution in [0.25, 0.3) is 0 Å². The molecule has 122 valence electrons. The van der Waals surface area contributed by atoms with Crippen molar-refractivity contribution in [2.75, 3.05) is 20.2 Å². The van der Waals surface area contributed by atoms with Gasteiger partial charge in [-0.25, -0.2) is 0 Å². The van der Waals surface area contributed by atoms with E-state index in [0.717, 1.165) is 36.3 Å². The van der Waals surface area contributed by atoms with Gasteiger partial charge in [0.05, 0.1) is 6.10 Å². The third kappa shape index (κ3) is 4.56. The molecule has 0 spiro atoms. The zero-order valence-corrected chi connectivity index (χ0v) is 15.0. The maximum absolute atomic E-state index is 5.93. The van der Waals surface area contributed by atoms with Gasteiger partial charge in [-0.15, -0.1) is 0 Å². The first kappa shape index (κ1) is 16.5. The summed E-state index contributed by atoms with van der Waals surface area (Å²) in [7, 11) is 1.79. The SMILES string of the molecule is CO[C@@H]1CCN(Cc2cc(OCc3ccccc3)ccc2Br)C1. The Bertz CT molecular complexity index is 633. The molecule has 4 heteroatoms. The molecule has 3 rings (SSSR count). The Morgan fingerprint density at radius 2 is 2.00 bits per heavy atom. The Morgan fingerprint density at radius 1 is 1.17 bits per heavy atom. The van der Waals surface area contributed by atoms with Crippen molar-refractivity contribution < 1.29 is 9.47 Å². The van der Waals surface area contributed by atoms with Crippen molar-refractivity contribution in [2.45, 2.75) is 25.7 Å². The highest BCUT2D eigenvalue weighted by molar-refractivity contribution is 9.10. The van der Waals surface area contributed by atoms with Gasteiger partial charge in [0.25, 0.3) is 0 Å². The third-order valence-electron chi connectivity index (χ3n) is 4.22. The molecule has 1 atom stereocenters. The number of ether oxygens (including phenoxy) is 2. The van der Waals surface area contributed by atoms with Gasteiger partial charge in [-0.05, 0) is 35.7 Å². The summed E-state index contributed by atoms with van der Waals surface area (Å²) in [5.41, 5.74) is 2.44. The summed E-state index contributed by atoms with van der Waals surface area (Å²) in [5, 5.41) is 0. The fourth-order valence-electron chi connectivity index (χ4n) is 2.88. The van der Waals surface area contributed by atoms with Crippen LogP contribution >= 0.6 is 15.9 Å². The predicted molar refractivity (Wildman–Crippen MR) is 95.6 cm³/mol. The van der Waals surface area contributed by atoms with E-state index in [1.165, 1.54) is 11.1 Å². The van der Waals surface area contributed by atoms with Crippen LogP contribution in [0.3, 0.4) is 0 Å². The molecular weight excluding hydrogens is 354 g/mol. The van der Waals surface area contributed by atoms with Gasteiger partial charge in [-0.3, -0.25) is 4.90 Å². The van der Waals surface area contributed by atoms with E-state index in [1.807, 2.05) is 24.3 Å². The maximum Gasteiger partial charge on any atom is 0.120 e. The van der Waals surface area contributed by atoms with Crippen molar-refractivity contribution in [1.82, 2.24) is 4.90 Å². The van der Waals surface area contributed by atoms with Crippen LogP contribution < -0.4 is 4.74 Å². The highest BCUT2D eigenvalue weighted by Crippen LogP contribution is 2.26. The molecule has 2 aromatic rings. The topological polar surface area (TPSA) is 21.7 Å². The standard InChI is InChI=1S/C19H22BrNO2/c1-22-18-9-10-21(13-18)12-16-11-17(7-8-19(16)20)23-14-15-5-3-2-4-6-15/h2-8,11,18H,9-10,12-14H2,1H3/t18-/m1/s1. The molecule has 3 nitrogen and oxygen atoms in total. The lowest BCUT2D eigenvalue weighted by molar-refractivity contribution is 0.107. The Hall–Kier alpha value is -1.36. The number of hydrogen-bond acceptors (Lipinski definition) is 3. The Morgan fingerprint density at radius 3 is 2.74 bits per heavy atom. The highest BCUT2D eigenvalue weighted by atomic mass is 79.9. The first-order valence-corrected chi connectivity index (χ1v) is 8.74.